The third-order valence-corrected chi connectivity index (χ3v) is 7.38. The molecule has 1 aliphatic carbocycles. The number of Topliss-reactive ketones (excluding diaryl/α,β-unsaturated/α-hetero) is 1. The first-order chi connectivity index (χ1) is 16.3. The van der Waals surface area contributed by atoms with Gasteiger partial charge >= 0.3 is 0 Å². The number of fused-ring (bicyclic) bond motifs is 1. The molecule has 1 aliphatic heterocycles. The zero-order valence-corrected chi connectivity index (χ0v) is 20.5. The largest absolute Gasteiger partial charge is 0.357 e. The lowest BCUT2D eigenvalue weighted by molar-refractivity contribution is -0.117. The van der Waals surface area contributed by atoms with Crippen LogP contribution in [0.15, 0.2) is 78.0 Å². The zero-order chi connectivity index (χ0) is 24.0. The van der Waals surface area contributed by atoms with Crippen LogP contribution in [0.1, 0.15) is 48.4 Å². The number of ketones is 1. The summed E-state index contributed by atoms with van der Waals surface area (Å²) in [5.41, 5.74) is 6.06. The van der Waals surface area contributed by atoms with E-state index in [9.17, 15) is 9.59 Å². The highest BCUT2D eigenvalue weighted by Crippen LogP contribution is 2.47. The summed E-state index contributed by atoms with van der Waals surface area (Å²) in [7, 11) is 0. The molecule has 0 spiro atoms. The van der Waals surface area contributed by atoms with Gasteiger partial charge in [0.1, 0.15) is 0 Å². The number of anilines is 2. The Kier molecular flexibility index (Phi) is 5.97. The molecule has 0 saturated carbocycles. The third kappa shape index (κ3) is 4.02. The molecule has 0 unspecified atom stereocenters. The van der Waals surface area contributed by atoms with Crippen LogP contribution in [0.25, 0.3) is 0 Å². The number of allylic oxidation sites excluding steroid dienone is 1. The average Bonchev–Trinajstić information content (AvgIpc) is 2.96. The van der Waals surface area contributed by atoms with Gasteiger partial charge in [0.2, 0.25) is 5.91 Å². The summed E-state index contributed by atoms with van der Waals surface area (Å²) in [6.45, 7) is 3.57. The van der Waals surface area contributed by atoms with Gasteiger partial charge in [-0.1, -0.05) is 71.2 Å². The summed E-state index contributed by atoms with van der Waals surface area (Å²) < 4.78 is 0. The molecule has 1 N–H and O–H groups in total. The normalized spacial score (nSPS) is 19.8. The van der Waals surface area contributed by atoms with Crippen LogP contribution in [0.2, 0.25) is 10.0 Å². The first kappa shape index (κ1) is 22.7. The van der Waals surface area contributed by atoms with Crippen LogP contribution in [0.4, 0.5) is 11.4 Å². The number of aryl methyl sites for hydroxylation is 1. The molecule has 0 fully saturated rings. The quantitative estimate of drug-likeness (QED) is 0.412. The fourth-order valence-corrected chi connectivity index (χ4v) is 5.31. The van der Waals surface area contributed by atoms with E-state index in [4.69, 9.17) is 23.2 Å². The van der Waals surface area contributed by atoms with Gasteiger partial charge in [-0.2, -0.15) is 0 Å². The Labute approximate surface area is 209 Å². The van der Waals surface area contributed by atoms with E-state index in [-0.39, 0.29) is 17.6 Å². The van der Waals surface area contributed by atoms with Gasteiger partial charge in [0, 0.05) is 24.6 Å². The molecule has 0 radical (unpaired) electrons. The Morgan fingerprint density at radius 1 is 0.941 bits per heavy atom. The average molecular weight is 491 g/mol. The van der Waals surface area contributed by atoms with E-state index in [0.29, 0.717) is 28.5 Å². The fourth-order valence-electron chi connectivity index (χ4n) is 5.00. The molecular formula is C28H24Cl2N2O2. The topological polar surface area (TPSA) is 49.4 Å². The van der Waals surface area contributed by atoms with Crippen molar-refractivity contribution in [2.75, 3.05) is 10.2 Å². The Hall–Kier alpha value is -3.08. The van der Waals surface area contributed by atoms with E-state index in [2.05, 4.69) is 5.32 Å². The number of nitrogens with zero attached hydrogens (tertiary/aromatic N) is 1. The molecule has 34 heavy (non-hydrogen) atoms. The van der Waals surface area contributed by atoms with Crippen molar-refractivity contribution in [1.29, 1.82) is 0 Å². The van der Waals surface area contributed by atoms with Crippen molar-refractivity contribution in [3.05, 3.63) is 105 Å². The first-order valence-corrected chi connectivity index (χ1v) is 12.0. The molecule has 6 heteroatoms. The van der Waals surface area contributed by atoms with E-state index in [0.717, 1.165) is 33.8 Å². The van der Waals surface area contributed by atoms with E-state index in [1.807, 2.05) is 67.6 Å². The van der Waals surface area contributed by atoms with E-state index in [1.54, 1.807) is 17.9 Å². The van der Waals surface area contributed by atoms with Crippen LogP contribution in [0.5, 0.6) is 0 Å². The summed E-state index contributed by atoms with van der Waals surface area (Å²) in [5, 5.41) is 4.49. The van der Waals surface area contributed by atoms with Gasteiger partial charge in [-0.15, -0.1) is 0 Å². The number of benzene rings is 3. The van der Waals surface area contributed by atoms with Crippen molar-refractivity contribution in [2.45, 2.75) is 38.6 Å². The molecule has 1 heterocycles. The fraction of sp³-hybridized carbons (Fsp3) is 0.214. The molecule has 4 nitrogen and oxygen atoms in total. The smallest absolute Gasteiger partial charge is 0.224 e. The first-order valence-electron chi connectivity index (χ1n) is 11.3. The van der Waals surface area contributed by atoms with Crippen molar-refractivity contribution in [1.82, 2.24) is 0 Å². The summed E-state index contributed by atoms with van der Waals surface area (Å²) in [6.07, 6.45) is 0.963. The Morgan fingerprint density at radius 2 is 1.65 bits per heavy atom. The molecule has 0 bridgehead atoms. The molecule has 2 atom stereocenters. The lowest BCUT2D eigenvalue weighted by atomic mass is 9.78. The van der Waals surface area contributed by atoms with Crippen LogP contribution in [-0.2, 0) is 9.59 Å². The number of para-hydroxylation sites is 2. The van der Waals surface area contributed by atoms with E-state index in [1.165, 1.54) is 0 Å². The number of rotatable bonds is 2. The summed E-state index contributed by atoms with van der Waals surface area (Å²) in [5.74, 6) is -0.134. The highest BCUT2D eigenvalue weighted by molar-refractivity contribution is 6.42. The van der Waals surface area contributed by atoms with Gasteiger partial charge in [0.05, 0.1) is 27.5 Å². The van der Waals surface area contributed by atoms with Crippen LogP contribution in [0.3, 0.4) is 0 Å². The van der Waals surface area contributed by atoms with Crippen molar-refractivity contribution in [3.8, 4) is 0 Å². The predicted molar refractivity (Wildman–Crippen MR) is 138 cm³/mol. The van der Waals surface area contributed by atoms with Gasteiger partial charge in [-0.05, 0) is 54.7 Å². The standard InChI is InChI=1S/C28H24Cl2N2O2/c1-16-7-9-18(10-8-16)28-27-24(31-23-5-3-4-6-25(23)32(28)17(2)33)14-20(15-26(27)34)19-11-12-21(29)22(30)13-19/h3-13,20,28,31H,14-15H2,1-2H3/t20-,28-/m0/s1. The molecule has 2 aliphatic rings. The van der Waals surface area contributed by atoms with Gasteiger partial charge in [-0.25, -0.2) is 0 Å². The molecule has 1 amide bonds. The SMILES string of the molecule is CC(=O)N1c2ccccc2NC2=C(C(=O)C[C@@H](c3ccc(Cl)c(Cl)c3)C2)[C@@H]1c1ccc(C)cc1. The van der Waals surface area contributed by atoms with Crippen molar-refractivity contribution >= 4 is 46.3 Å². The minimum Gasteiger partial charge on any atom is -0.357 e. The zero-order valence-electron chi connectivity index (χ0n) is 18.9. The van der Waals surface area contributed by atoms with E-state index >= 15 is 0 Å². The van der Waals surface area contributed by atoms with Crippen molar-refractivity contribution in [3.63, 3.8) is 0 Å². The lowest BCUT2D eigenvalue weighted by Gasteiger charge is -2.34. The van der Waals surface area contributed by atoms with Gasteiger partial charge in [0.25, 0.3) is 0 Å². The van der Waals surface area contributed by atoms with Gasteiger partial charge in [-0.3, -0.25) is 14.5 Å². The third-order valence-electron chi connectivity index (χ3n) is 6.64. The molecule has 0 saturated heterocycles. The maximum absolute atomic E-state index is 13.8. The number of halogens is 2. The summed E-state index contributed by atoms with van der Waals surface area (Å²) in [6, 6.07) is 20.8. The number of carbonyl (C=O) groups excluding carboxylic acids is 2. The van der Waals surface area contributed by atoms with Crippen LogP contribution in [-0.4, -0.2) is 11.7 Å². The van der Waals surface area contributed by atoms with Gasteiger partial charge in [0.15, 0.2) is 5.78 Å². The molecule has 0 aromatic heterocycles. The number of nitrogens with one attached hydrogen (secondary N) is 1. The highest BCUT2D eigenvalue weighted by atomic mass is 35.5. The molecule has 3 aromatic rings. The maximum atomic E-state index is 13.8. The summed E-state index contributed by atoms with van der Waals surface area (Å²) in [4.78, 5) is 28.6. The molecular weight excluding hydrogens is 467 g/mol. The van der Waals surface area contributed by atoms with Crippen molar-refractivity contribution in [2.24, 2.45) is 0 Å². The molecule has 5 rings (SSSR count). The number of amides is 1. The molecule has 3 aromatic carbocycles. The molecule has 172 valence electrons. The predicted octanol–water partition coefficient (Wildman–Crippen LogP) is 7.22. The second-order valence-electron chi connectivity index (χ2n) is 8.94. The highest BCUT2D eigenvalue weighted by Gasteiger charge is 2.40. The van der Waals surface area contributed by atoms with Gasteiger partial charge < -0.3 is 5.32 Å². The number of hydrogen-bond donors (Lipinski definition) is 1. The number of carbonyl (C=O) groups is 2. The van der Waals surface area contributed by atoms with Crippen LogP contribution < -0.4 is 10.2 Å². The monoisotopic (exact) mass is 490 g/mol. The van der Waals surface area contributed by atoms with Crippen LogP contribution >= 0.6 is 23.2 Å². The Morgan fingerprint density at radius 3 is 2.35 bits per heavy atom. The summed E-state index contributed by atoms with van der Waals surface area (Å²) >= 11 is 12.4. The minimum absolute atomic E-state index is 0.0226. The maximum Gasteiger partial charge on any atom is 0.224 e. The Balaban J connectivity index is 1.68. The van der Waals surface area contributed by atoms with Crippen molar-refractivity contribution < 1.29 is 9.59 Å². The Bertz CT molecular complexity index is 1330. The second kappa shape index (κ2) is 8.94. The number of hydrogen-bond acceptors (Lipinski definition) is 3. The minimum atomic E-state index is -0.508. The van der Waals surface area contributed by atoms with E-state index < -0.39 is 6.04 Å². The van der Waals surface area contributed by atoms with Crippen LogP contribution in [0, 0.1) is 6.92 Å². The second-order valence-corrected chi connectivity index (χ2v) is 9.75. The lowest BCUT2D eigenvalue weighted by Crippen LogP contribution is -2.37.